The smallest absolute Gasteiger partial charge is 0.345 e. The molecule has 6 heteroatoms. The first kappa shape index (κ1) is 9.41. The number of aromatic nitrogens is 2. The number of nitrogens with one attached hydrogen (secondary N) is 1. The van der Waals surface area contributed by atoms with Crippen LogP contribution in [0.1, 0.15) is 15.4 Å². The van der Waals surface area contributed by atoms with E-state index in [1.165, 1.54) is 11.3 Å². The van der Waals surface area contributed by atoms with Crippen molar-refractivity contribution in [2.24, 2.45) is 7.05 Å². The molecule has 0 saturated heterocycles. The molecule has 1 aliphatic heterocycles. The quantitative estimate of drug-likeness (QED) is 0.790. The van der Waals surface area contributed by atoms with E-state index in [4.69, 9.17) is 5.11 Å². The lowest BCUT2D eigenvalue weighted by molar-refractivity contribution is 0.0702. The van der Waals surface area contributed by atoms with Crippen LogP contribution in [0.4, 0.5) is 5.69 Å². The van der Waals surface area contributed by atoms with Gasteiger partial charge in [0.25, 0.3) is 0 Å². The standard InChI is InChI=1S/C10H9N3O2S/c1-13-4-12-8-6(13)3-11-5-2-7(10(14)15)16-9(5)8/h2,4,11H,3H2,1H3,(H,14,15). The van der Waals surface area contributed by atoms with Gasteiger partial charge in [0.2, 0.25) is 0 Å². The number of imidazole rings is 1. The van der Waals surface area contributed by atoms with Gasteiger partial charge >= 0.3 is 5.97 Å². The number of aromatic carboxylic acids is 1. The van der Waals surface area contributed by atoms with Gasteiger partial charge < -0.3 is 15.0 Å². The number of rotatable bonds is 1. The molecule has 0 aliphatic carbocycles. The van der Waals surface area contributed by atoms with Crippen LogP contribution in [0.3, 0.4) is 0 Å². The minimum atomic E-state index is -0.890. The van der Waals surface area contributed by atoms with Crippen molar-refractivity contribution in [2.75, 3.05) is 5.32 Å². The van der Waals surface area contributed by atoms with Crippen molar-refractivity contribution in [3.63, 3.8) is 0 Å². The first-order valence-electron chi connectivity index (χ1n) is 4.78. The number of anilines is 1. The molecule has 2 N–H and O–H groups in total. The topological polar surface area (TPSA) is 67.2 Å². The van der Waals surface area contributed by atoms with Gasteiger partial charge in [0.1, 0.15) is 10.6 Å². The number of hydrogen-bond acceptors (Lipinski definition) is 4. The second-order valence-corrected chi connectivity index (χ2v) is 4.72. The van der Waals surface area contributed by atoms with Crippen molar-refractivity contribution in [2.45, 2.75) is 6.54 Å². The Morgan fingerprint density at radius 2 is 2.50 bits per heavy atom. The fourth-order valence-electron chi connectivity index (χ4n) is 1.84. The average Bonchev–Trinajstić information content (AvgIpc) is 2.81. The van der Waals surface area contributed by atoms with Gasteiger partial charge in [-0.3, -0.25) is 0 Å². The summed E-state index contributed by atoms with van der Waals surface area (Å²) in [5.41, 5.74) is 2.86. The molecule has 2 aromatic rings. The summed E-state index contributed by atoms with van der Waals surface area (Å²) in [4.78, 5) is 16.5. The molecule has 0 fully saturated rings. The Morgan fingerprint density at radius 1 is 1.69 bits per heavy atom. The molecule has 0 bridgehead atoms. The highest BCUT2D eigenvalue weighted by atomic mass is 32.1. The number of nitrogens with zero attached hydrogens (tertiary/aromatic N) is 2. The highest BCUT2D eigenvalue weighted by Crippen LogP contribution is 2.40. The second-order valence-electron chi connectivity index (χ2n) is 3.66. The number of carboxylic acid groups (broad SMARTS) is 1. The molecule has 2 aromatic heterocycles. The van der Waals surface area contributed by atoms with Crippen molar-refractivity contribution in [3.05, 3.63) is 23.0 Å². The van der Waals surface area contributed by atoms with E-state index in [0.29, 0.717) is 11.4 Å². The molecule has 0 amide bonds. The zero-order valence-electron chi connectivity index (χ0n) is 8.52. The van der Waals surface area contributed by atoms with E-state index in [0.717, 1.165) is 22.0 Å². The zero-order chi connectivity index (χ0) is 11.3. The van der Waals surface area contributed by atoms with Crippen LogP contribution in [0, 0.1) is 0 Å². The lowest BCUT2D eigenvalue weighted by atomic mass is 10.2. The first-order chi connectivity index (χ1) is 7.66. The molecule has 0 radical (unpaired) electrons. The van der Waals surface area contributed by atoms with Gasteiger partial charge in [-0.15, -0.1) is 11.3 Å². The number of carbonyl (C=O) groups is 1. The molecule has 0 aromatic carbocycles. The summed E-state index contributed by atoms with van der Waals surface area (Å²) in [6, 6.07) is 1.67. The molecule has 82 valence electrons. The number of carboxylic acids is 1. The van der Waals surface area contributed by atoms with E-state index in [1.807, 2.05) is 11.6 Å². The first-order valence-corrected chi connectivity index (χ1v) is 5.60. The van der Waals surface area contributed by atoms with Gasteiger partial charge in [-0.1, -0.05) is 0 Å². The Balaban J connectivity index is 2.20. The van der Waals surface area contributed by atoms with Crippen molar-refractivity contribution in [3.8, 4) is 10.6 Å². The van der Waals surface area contributed by atoms with E-state index >= 15 is 0 Å². The maximum Gasteiger partial charge on any atom is 0.345 e. The maximum absolute atomic E-state index is 10.9. The van der Waals surface area contributed by atoms with Crippen LogP contribution in [-0.2, 0) is 13.6 Å². The van der Waals surface area contributed by atoms with Crippen molar-refractivity contribution in [1.29, 1.82) is 0 Å². The fraction of sp³-hybridized carbons (Fsp3) is 0.200. The van der Waals surface area contributed by atoms with Gasteiger partial charge in [0, 0.05) is 7.05 Å². The monoisotopic (exact) mass is 235 g/mol. The number of hydrogen-bond donors (Lipinski definition) is 2. The summed E-state index contributed by atoms with van der Waals surface area (Å²) in [6.07, 6.45) is 1.75. The van der Waals surface area contributed by atoms with Gasteiger partial charge in [-0.25, -0.2) is 9.78 Å². The Bertz CT molecular complexity index is 585. The highest BCUT2D eigenvalue weighted by molar-refractivity contribution is 7.18. The lowest BCUT2D eigenvalue weighted by Crippen LogP contribution is -2.09. The molecule has 0 saturated carbocycles. The molecular weight excluding hydrogens is 226 g/mol. The molecule has 1 aliphatic rings. The molecule has 3 heterocycles. The normalized spacial score (nSPS) is 12.8. The molecule has 0 unspecified atom stereocenters. The Labute approximate surface area is 95.4 Å². The number of thiophene rings is 1. The van der Waals surface area contributed by atoms with E-state index in [-0.39, 0.29) is 0 Å². The minimum absolute atomic E-state index is 0.344. The lowest BCUT2D eigenvalue weighted by Gasteiger charge is -2.14. The summed E-state index contributed by atoms with van der Waals surface area (Å²) >= 11 is 1.26. The third-order valence-electron chi connectivity index (χ3n) is 2.66. The summed E-state index contributed by atoms with van der Waals surface area (Å²) in [6.45, 7) is 0.689. The molecule has 0 spiro atoms. The van der Waals surface area contributed by atoms with E-state index in [2.05, 4.69) is 10.3 Å². The largest absolute Gasteiger partial charge is 0.477 e. The van der Waals surface area contributed by atoms with E-state index < -0.39 is 5.97 Å². The van der Waals surface area contributed by atoms with Crippen LogP contribution in [0.15, 0.2) is 12.4 Å². The predicted molar refractivity (Wildman–Crippen MR) is 60.8 cm³/mol. The van der Waals surface area contributed by atoms with Crippen molar-refractivity contribution < 1.29 is 9.90 Å². The molecule has 3 rings (SSSR count). The minimum Gasteiger partial charge on any atom is -0.477 e. The van der Waals surface area contributed by atoms with E-state index in [9.17, 15) is 4.79 Å². The van der Waals surface area contributed by atoms with Crippen molar-refractivity contribution in [1.82, 2.24) is 9.55 Å². The Hall–Kier alpha value is -1.82. The summed E-state index contributed by atoms with van der Waals surface area (Å²) in [5.74, 6) is -0.890. The summed E-state index contributed by atoms with van der Waals surface area (Å²) in [7, 11) is 1.93. The average molecular weight is 235 g/mol. The van der Waals surface area contributed by atoms with E-state index in [1.54, 1.807) is 12.4 Å². The van der Waals surface area contributed by atoms with Gasteiger partial charge in [-0.05, 0) is 6.07 Å². The van der Waals surface area contributed by atoms with Crippen LogP contribution in [-0.4, -0.2) is 20.6 Å². The van der Waals surface area contributed by atoms with Crippen LogP contribution in [0.2, 0.25) is 0 Å². The van der Waals surface area contributed by atoms with Crippen LogP contribution in [0.25, 0.3) is 10.6 Å². The summed E-state index contributed by atoms with van der Waals surface area (Å²) in [5, 5.41) is 12.2. The molecule has 5 nitrogen and oxygen atoms in total. The second kappa shape index (κ2) is 3.08. The summed E-state index contributed by atoms with van der Waals surface area (Å²) < 4.78 is 1.95. The van der Waals surface area contributed by atoms with Gasteiger partial charge in [0.15, 0.2) is 0 Å². The predicted octanol–water partition coefficient (Wildman–Crippen LogP) is 1.77. The zero-order valence-corrected chi connectivity index (χ0v) is 9.34. The molecule has 16 heavy (non-hydrogen) atoms. The van der Waals surface area contributed by atoms with Gasteiger partial charge in [0.05, 0.1) is 29.1 Å². The maximum atomic E-state index is 10.9. The number of fused-ring (bicyclic) bond motifs is 3. The highest BCUT2D eigenvalue weighted by Gasteiger charge is 2.24. The third-order valence-corrected chi connectivity index (χ3v) is 3.79. The Kier molecular flexibility index (Phi) is 1.81. The van der Waals surface area contributed by atoms with Crippen molar-refractivity contribution >= 4 is 23.0 Å². The molecular formula is C10H9N3O2S. The van der Waals surface area contributed by atoms with Crippen LogP contribution < -0.4 is 5.32 Å². The van der Waals surface area contributed by atoms with Gasteiger partial charge in [-0.2, -0.15) is 0 Å². The third kappa shape index (κ3) is 1.16. The Morgan fingerprint density at radius 3 is 3.25 bits per heavy atom. The molecule has 0 atom stereocenters. The fourth-order valence-corrected chi connectivity index (χ4v) is 2.83. The van der Waals surface area contributed by atoms with Crippen LogP contribution >= 0.6 is 11.3 Å². The SMILES string of the molecule is Cn1cnc2c1CNc1cc(C(=O)O)sc1-2. The van der Waals surface area contributed by atoms with Crippen LogP contribution in [0.5, 0.6) is 0 Å². The number of aryl methyl sites for hydroxylation is 1.